The quantitative estimate of drug-likeness (QED) is 0.557. The highest BCUT2D eigenvalue weighted by atomic mass is 16.6. The van der Waals surface area contributed by atoms with Crippen LogP contribution in [0.15, 0.2) is 54.6 Å². The number of aromatic nitrogens is 2. The Hall–Kier alpha value is -3.81. The Balaban J connectivity index is 1.93. The maximum atomic E-state index is 11.2. The normalized spacial score (nSPS) is 10.9. The van der Waals surface area contributed by atoms with Crippen LogP contribution in [-0.4, -0.2) is 20.0 Å². The van der Waals surface area contributed by atoms with E-state index in [4.69, 9.17) is 0 Å². The van der Waals surface area contributed by atoms with Crippen LogP contribution in [0, 0.1) is 20.2 Å². The number of nitrogens with one attached hydrogen (secondary N) is 1. The van der Waals surface area contributed by atoms with Crippen LogP contribution in [0.4, 0.5) is 11.4 Å². The summed E-state index contributed by atoms with van der Waals surface area (Å²) in [5.41, 5.74) is 1.52. The number of aromatic amines is 1. The average Bonchev–Trinajstić information content (AvgIpc) is 3.09. The molecule has 0 amide bonds. The van der Waals surface area contributed by atoms with Crippen LogP contribution in [0.3, 0.4) is 0 Å². The van der Waals surface area contributed by atoms with Crippen LogP contribution in [0.2, 0.25) is 0 Å². The molecule has 1 aromatic heterocycles. The Kier molecular flexibility index (Phi) is 4.34. The van der Waals surface area contributed by atoms with E-state index in [9.17, 15) is 20.2 Å². The zero-order chi connectivity index (χ0) is 17.8. The largest absolute Gasteiger partial charge is 0.285 e. The van der Waals surface area contributed by atoms with Crippen molar-refractivity contribution in [3.05, 3.63) is 86.1 Å². The molecule has 0 bridgehead atoms. The molecule has 124 valence electrons. The van der Waals surface area contributed by atoms with Gasteiger partial charge in [0, 0.05) is 6.07 Å². The monoisotopic (exact) mass is 336 g/mol. The van der Waals surface area contributed by atoms with Gasteiger partial charge >= 0.3 is 0 Å². The van der Waals surface area contributed by atoms with Gasteiger partial charge in [0.25, 0.3) is 11.4 Å². The zero-order valence-corrected chi connectivity index (χ0v) is 12.8. The Labute approximate surface area is 141 Å². The molecule has 0 aliphatic rings. The van der Waals surface area contributed by atoms with Gasteiger partial charge in [0.05, 0.1) is 32.9 Å². The fourth-order valence-corrected chi connectivity index (χ4v) is 2.31. The molecule has 3 aromatic rings. The molecular weight excluding hydrogens is 324 g/mol. The van der Waals surface area contributed by atoms with Crippen molar-refractivity contribution in [1.82, 2.24) is 10.2 Å². The SMILES string of the molecule is O=[N+]([O-])c1ccc(-c2cc(C=Cc3ccccc3)[nH]n2)c([N+](=O)[O-])c1. The third-order valence-corrected chi connectivity index (χ3v) is 3.52. The van der Waals surface area contributed by atoms with Gasteiger partial charge in [-0.1, -0.05) is 36.4 Å². The molecule has 0 saturated heterocycles. The highest BCUT2D eigenvalue weighted by molar-refractivity contribution is 5.76. The lowest BCUT2D eigenvalue weighted by molar-refractivity contribution is -0.393. The number of hydrogen-bond donors (Lipinski definition) is 1. The highest BCUT2D eigenvalue weighted by Gasteiger charge is 2.21. The molecule has 1 heterocycles. The standard InChI is InChI=1S/C17H12N4O4/c22-20(23)14-8-9-15(17(11-14)21(24)25)16-10-13(18-19-16)7-6-12-4-2-1-3-5-12/h1-11H,(H,18,19). The fourth-order valence-electron chi connectivity index (χ4n) is 2.31. The van der Waals surface area contributed by atoms with Crippen molar-refractivity contribution in [1.29, 1.82) is 0 Å². The third-order valence-electron chi connectivity index (χ3n) is 3.52. The molecule has 0 spiro atoms. The number of benzene rings is 2. The maximum Gasteiger partial charge on any atom is 0.285 e. The van der Waals surface area contributed by atoms with Crippen molar-refractivity contribution in [2.45, 2.75) is 0 Å². The van der Waals surface area contributed by atoms with Crippen molar-refractivity contribution in [3.8, 4) is 11.3 Å². The van der Waals surface area contributed by atoms with Crippen LogP contribution in [-0.2, 0) is 0 Å². The summed E-state index contributed by atoms with van der Waals surface area (Å²) in [6.45, 7) is 0. The Morgan fingerprint density at radius 3 is 2.36 bits per heavy atom. The number of nitrogens with zero attached hydrogens (tertiary/aromatic N) is 3. The molecule has 0 fully saturated rings. The van der Waals surface area contributed by atoms with Gasteiger partial charge < -0.3 is 0 Å². The summed E-state index contributed by atoms with van der Waals surface area (Å²) in [6, 6.07) is 14.8. The van der Waals surface area contributed by atoms with Gasteiger partial charge in [-0.3, -0.25) is 25.3 Å². The predicted octanol–water partition coefficient (Wildman–Crippen LogP) is 4.06. The summed E-state index contributed by atoms with van der Waals surface area (Å²) < 4.78 is 0. The minimum Gasteiger partial charge on any atom is -0.278 e. The summed E-state index contributed by atoms with van der Waals surface area (Å²) in [5.74, 6) is 0. The van der Waals surface area contributed by atoms with E-state index in [1.807, 2.05) is 36.4 Å². The van der Waals surface area contributed by atoms with Crippen LogP contribution >= 0.6 is 0 Å². The summed E-state index contributed by atoms with van der Waals surface area (Å²) in [7, 11) is 0. The van der Waals surface area contributed by atoms with E-state index in [0.29, 0.717) is 11.4 Å². The summed E-state index contributed by atoms with van der Waals surface area (Å²) in [5, 5.41) is 28.9. The molecule has 8 heteroatoms. The smallest absolute Gasteiger partial charge is 0.278 e. The van der Waals surface area contributed by atoms with Crippen molar-refractivity contribution in [2.24, 2.45) is 0 Å². The Morgan fingerprint density at radius 1 is 0.920 bits per heavy atom. The number of H-pyrrole nitrogens is 1. The second-order valence-corrected chi connectivity index (χ2v) is 5.17. The van der Waals surface area contributed by atoms with Gasteiger partial charge in [-0.05, 0) is 23.8 Å². The van der Waals surface area contributed by atoms with Crippen molar-refractivity contribution >= 4 is 23.5 Å². The molecule has 8 nitrogen and oxygen atoms in total. The Morgan fingerprint density at radius 2 is 1.68 bits per heavy atom. The number of nitro groups is 2. The number of non-ortho nitro benzene ring substituents is 1. The molecule has 1 N–H and O–H groups in total. The minimum atomic E-state index is -0.671. The summed E-state index contributed by atoms with van der Waals surface area (Å²) >= 11 is 0. The fraction of sp³-hybridized carbons (Fsp3) is 0. The molecule has 0 radical (unpaired) electrons. The van der Waals surface area contributed by atoms with Crippen molar-refractivity contribution in [2.75, 3.05) is 0 Å². The maximum absolute atomic E-state index is 11.2. The molecule has 25 heavy (non-hydrogen) atoms. The lowest BCUT2D eigenvalue weighted by Gasteiger charge is -1.99. The molecule has 2 aromatic carbocycles. The van der Waals surface area contributed by atoms with E-state index in [1.165, 1.54) is 12.1 Å². The zero-order valence-electron chi connectivity index (χ0n) is 12.8. The van der Waals surface area contributed by atoms with Gasteiger partial charge in [-0.25, -0.2) is 0 Å². The van der Waals surface area contributed by atoms with Gasteiger partial charge in [-0.15, -0.1) is 0 Å². The Bertz CT molecular complexity index is 964. The van der Waals surface area contributed by atoms with Gasteiger partial charge in [0.2, 0.25) is 0 Å². The number of nitro benzene ring substituents is 2. The topological polar surface area (TPSA) is 115 Å². The van der Waals surface area contributed by atoms with Gasteiger partial charge in [0.1, 0.15) is 0 Å². The van der Waals surface area contributed by atoms with E-state index in [2.05, 4.69) is 10.2 Å². The van der Waals surface area contributed by atoms with Crippen molar-refractivity contribution in [3.63, 3.8) is 0 Å². The molecule has 3 rings (SSSR count). The van der Waals surface area contributed by atoms with Gasteiger partial charge in [-0.2, -0.15) is 5.10 Å². The molecule has 0 unspecified atom stereocenters. The summed E-state index contributed by atoms with van der Waals surface area (Å²) in [4.78, 5) is 20.7. The van der Waals surface area contributed by atoms with E-state index in [1.54, 1.807) is 12.1 Å². The number of hydrogen-bond acceptors (Lipinski definition) is 5. The molecule has 0 atom stereocenters. The second-order valence-electron chi connectivity index (χ2n) is 5.17. The lowest BCUT2D eigenvalue weighted by atomic mass is 10.1. The van der Waals surface area contributed by atoms with Crippen LogP contribution in [0.25, 0.3) is 23.4 Å². The van der Waals surface area contributed by atoms with Crippen LogP contribution < -0.4 is 0 Å². The van der Waals surface area contributed by atoms with E-state index in [0.717, 1.165) is 11.6 Å². The van der Waals surface area contributed by atoms with E-state index >= 15 is 0 Å². The molecule has 0 aliphatic heterocycles. The first-order chi connectivity index (χ1) is 12.0. The summed E-state index contributed by atoms with van der Waals surface area (Å²) in [6.07, 6.45) is 3.67. The third kappa shape index (κ3) is 3.58. The first-order valence-electron chi connectivity index (χ1n) is 7.26. The highest BCUT2D eigenvalue weighted by Crippen LogP contribution is 2.32. The van der Waals surface area contributed by atoms with E-state index in [-0.39, 0.29) is 16.9 Å². The minimum absolute atomic E-state index is 0.214. The van der Waals surface area contributed by atoms with E-state index < -0.39 is 9.85 Å². The van der Waals surface area contributed by atoms with Gasteiger partial charge in [0.15, 0.2) is 0 Å². The first-order valence-corrected chi connectivity index (χ1v) is 7.26. The lowest BCUT2D eigenvalue weighted by Crippen LogP contribution is -1.95. The molecular formula is C17H12N4O4. The average molecular weight is 336 g/mol. The van der Waals surface area contributed by atoms with Crippen LogP contribution in [0.5, 0.6) is 0 Å². The first kappa shape index (κ1) is 16.1. The number of rotatable bonds is 5. The second kappa shape index (κ2) is 6.75. The predicted molar refractivity (Wildman–Crippen MR) is 92.7 cm³/mol. The van der Waals surface area contributed by atoms with Crippen molar-refractivity contribution < 1.29 is 9.85 Å². The molecule has 0 saturated carbocycles. The van der Waals surface area contributed by atoms with Crippen LogP contribution in [0.1, 0.15) is 11.3 Å². The molecule has 0 aliphatic carbocycles.